The molecular formula is C18H18N2O3. The highest BCUT2D eigenvalue weighted by Crippen LogP contribution is 2.06. The topological polar surface area (TPSA) is 68.3 Å². The number of amides is 1. The van der Waals surface area contributed by atoms with Gasteiger partial charge in [-0.15, -0.1) is 0 Å². The van der Waals surface area contributed by atoms with Crippen LogP contribution in [0, 0.1) is 0 Å². The van der Waals surface area contributed by atoms with Crippen molar-refractivity contribution in [3.8, 4) is 0 Å². The number of aromatic nitrogens is 1. The summed E-state index contributed by atoms with van der Waals surface area (Å²) in [6.45, 7) is 0. The standard InChI is InChI=1S/C18H18N2O3/c1-23-18(22)16(9-5-8-14-6-3-2-4-7-14)20-17(21)15-10-12-19-13-11-15/h2-8,10-13,16H,9H2,1H3,(H,20,21)/b8-5+/t16-/m0/s1. The second kappa shape index (κ2) is 8.48. The molecule has 2 aromatic rings. The Morgan fingerprint density at radius 3 is 2.52 bits per heavy atom. The Hall–Kier alpha value is -2.95. The van der Waals surface area contributed by atoms with Crippen molar-refractivity contribution in [3.05, 3.63) is 72.1 Å². The molecule has 0 unspecified atom stereocenters. The summed E-state index contributed by atoms with van der Waals surface area (Å²) in [5.74, 6) is -0.818. The molecule has 1 heterocycles. The van der Waals surface area contributed by atoms with Crippen LogP contribution in [0.3, 0.4) is 0 Å². The van der Waals surface area contributed by atoms with Crippen molar-refractivity contribution in [2.45, 2.75) is 12.5 Å². The number of ether oxygens (including phenoxy) is 1. The number of hydrogen-bond donors (Lipinski definition) is 1. The molecule has 0 aliphatic carbocycles. The number of benzene rings is 1. The summed E-state index contributed by atoms with van der Waals surface area (Å²) in [4.78, 5) is 27.8. The van der Waals surface area contributed by atoms with E-state index in [1.807, 2.05) is 42.5 Å². The monoisotopic (exact) mass is 310 g/mol. The number of hydrogen-bond acceptors (Lipinski definition) is 4. The first kappa shape index (κ1) is 16.4. The van der Waals surface area contributed by atoms with E-state index in [1.165, 1.54) is 19.5 Å². The molecule has 0 radical (unpaired) electrons. The van der Waals surface area contributed by atoms with Crippen molar-refractivity contribution < 1.29 is 14.3 Å². The number of nitrogens with one attached hydrogen (secondary N) is 1. The van der Waals surface area contributed by atoms with Gasteiger partial charge in [-0.2, -0.15) is 0 Å². The minimum Gasteiger partial charge on any atom is -0.467 e. The van der Waals surface area contributed by atoms with Crippen molar-refractivity contribution in [3.63, 3.8) is 0 Å². The van der Waals surface area contributed by atoms with Crippen LogP contribution < -0.4 is 5.32 Å². The summed E-state index contributed by atoms with van der Waals surface area (Å²) in [6.07, 6.45) is 7.13. The van der Waals surface area contributed by atoms with Gasteiger partial charge in [0.2, 0.25) is 0 Å². The summed E-state index contributed by atoms with van der Waals surface area (Å²) in [5.41, 5.74) is 1.47. The number of carbonyl (C=O) groups is 2. The van der Waals surface area contributed by atoms with Crippen molar-refractivity contribution in [1.29, 1.82) is 0 Å². The van der Waals surface area contributed by atoms with Gasteiger partial charge >= 0.3 is 5.97 Å². The third-order valence-electron chi connectivity index (χ3n) is 3.22. The molecule has 1 N–H and O–H groups in total. The number of methoxy groups -OCH3 is 1. The summed E-state index contributed by atoms with van der Waals surface area (Å²) >= 11 is 0. The van der Waals surface area contributed by atoms with E-state index in [-0.39, 0.29) is 5.91 Å². The number of esters is 1. The van der Waals surface area contributed by atoms with Gasteiger partial charge in [0.25, 0.3) is 5.91 Å². The maximum Gasteiger partial charge on any atom is 0.328 e. The van der Waals surface area contributed by atoms with Gasteiger partial charge in [-0.05, 0) is 24.1 Å². The highest BCUT2D eigenvalue weighted by Gasteiger charge is 2.20. The maximum absolute atomic E-state index is 12.1. The van der Waals surface area contributed by atoms with Crippen LogP contribution in [0.4, 0.5) is 0 Å². The van der Waals surface area contributed by atoms with E-state index in [0.29, 0.717) is 12.0 Å². The Kier molecular flexibility index (Phi) is 6.06. The molecule has 1 atom stereocenters. The Labute approximate surface area is 135 Å². The van der Waals surface area contributed by atoms with Crippen LogP contribution in [0.25, 0.3) is 6.08 Å². The summed E-state index contributed by atoms with van der Waals surface area (Å²) in [5, 5.41) is 2.68. The smallest absolute Gasteiger partial charge is 0.328 e. The van der Waals surface area contributed by atoms with Crippen molar-refractivity contribution in [1.82, 2.24) is 10.3 Å². The first-order valence-corrected chi connectivity index (χ1v) is 7.21. The molecule has 118 valence electrons. The number of nitrogens with zero attached hydrogens (tertiary/aromatic N) is 1. The van der Waals surface area contributed by atoms with Gasteiger partial charge in [-0.1, -0.05) is 42.5 Å². The maximum atomic E-state index is 12.1. The van der Waals surface area contributed by atoms with Crippen LogP contribution in [0.1, 0.15) is 22.3 Å². The zero-order valence-electron chi connectivity index (χ0n) is 12.8. The predicted molar refractivity (Wildman–Crippen MR) is 87.6 cm³/mol. The zero-order valence-corrected chi connectivity index (χ0v) is 12.8. The Morgan fingerprint density at radius 1 is 1.17 bits per heavy atom. The lowest BCUT2D eigenvalue weighted by Gasteiger charge is -2.14. The Bertz CT molecular complexity index is 669. The lowest BCUT2D eigenvalue weighted by Crippen LogP contribution is -2.41. The Morgan fingerprint density at radius 2 is 1.87 bits per heavy atom. The molecule has 5 heteroatoms. The average Bonchev–Trinajstić information content (AvgIpc) is 2.61. The van der Waals surface area contributed by atoms with Crippen LogP contribution >= 0.6 is 0 Å². The molecule has 0 bridgehead atoms. The molecular weight excluding hydrogens is 292 g/mol. The van der Waals surface area contributed by atoms with E-state index < -0.39 is 12.0 Å². The van der Waals surface area contributed by atoms with Crippen LogP contribution in [0.2, 0.25) is 0 Å². The van der Waals surface area contributed by atoms with Crippen molar-refractivity contribution in [2.24, 2.45) is 0 Å². The lowest BCUT2D eigenvalue weighted by atomic mass is 10.1. The molecule has 1 amide bonds. The molecule has 0 aliphatic heterocycles. The van der Waals surface area contributed by atoms with Gasteiger partial charge in [0.05, 0.1) is 7.11 Å². The normalized spacial score (nSPS) is 11.9. The first-order valence-electron chi connectivity index (χ1n) is 7.21. The summed E-state index contributed by atoms with van der Waals surface area (Å²) in [7, 11) is 1.30. The molecule has 0 fully saturated rings. The van der Waals surface area contributed by atoms with Crippen molar-refractivity contribution in [2.75, 3.05) is 7.11 Å². The fourth-order valence-corrected chi connectivity index (χ4v) is 2.01. The quantitative estimate of drug-likeness (QED) is 0.832. The minimum atomic E-state index is -0.736. The third-order valence-corrected chi connectivity index (χ3v) is 3.22. The molecule has 0 aliphatic rings. The van der Waals surface area contributed by atoms with E-state index in [2.05, 4.69) is 10.3 Å². The molecule has 1 aromatic carbocycles. The number of rotatable bonds is 6. The first-order chi connectivity index (χ1) is 11.2. The highest BCUT2D eigenvalue weighted by atomic mass is 16.5. The van der Waals surface area contributed by atoms with Crippen LogP contribution in [-0.4, -0.2) is 30.0 Å². The van der Waals surface area contributed by atoms with Crippen LogP contribution in [-0.2, 0) is 9.53 Å². The van der Waals surface area contributed by atoms with Gasteiger partial charge in [0.1, 0.15) is 6.04 Å². The molecule has 5 nitrogen and oxygen atoms in total. The minimum absolute atomic E-state index is 0.337. The molecule has 0 saturated heterocycles. The van der Waals surface area contributed by atoms with E-state index in [0.717, 1.165) is 5.56 Å². The second-order valence-corrected chi connectivity index (χ2v) is 4.83. The van der Waals surface area contributed by atoms with Gasteiger partial charge in [-0.25, -0.2) is 4.79 Å². The zero-order chi connectivity index (χ0) is 16.5. The fourth-order valence-electron chi connectivity index (χ4n) is 2.01. The van der Waals surface area contributed by atoms with E-state index in [9.17, 15) is 9.59 Å². The molecule has 0 saturated carbocycles. The fraction of sp³-hybridized carbons (Fsp3) is 0.167. The summed E-state index contributed by atoms with van der Waals surface area (Å²) < 4.78 is 4.75. The number of pyridine rings is 1. The number of carbonyl (C=O) groups excluding carboxylic acids is 2. The molecule has 1 aromatic heterocycles. The van der Waals surface area contributed by atoms with Crippen molar-refractivity contribution >= 4 is 18.0 Å². The average molecular weight is 310 g/mol. The van der Waals surface area contributed by atoms with Gasteiger partial charge in [0, 0.05) is 18.0 Å². The molecule has 23 heavy (non-hydrogen) atoms. The molecule has 0 spiro atoms. The van der Waals surface area contributed by atoms with Gasteiger partial charge in [-0.3, -0.25) is 9.78 Å². The lowest BCUT2D eigenvalue weighted by molar-refractivity contribution is -0.142. The molecule has 2 rings (SSSR count). The largest absolute Gasteiger partial charge is 0.467 e. The van der Waals surface area contributed by atoms with E-state index in [1.54, 1.807) is 12.1 Å². The van der Waals surface area contributed by atoms with E-state index in [4.69, 9.17) is 4.74 Å². The Balaban J connectivity index is 2.01. The van der Waals surface area contributed by atoms with Crippen LogP contribution in [0.15, 0.2) is 60.9 Å². The second-order valence-electron chi connectivity index (χ2n) is 4.83. The van der Waals surface area contributed by atoms with Gasteiger partial charge < -0.3 is 10.1 Å². The van der Waals surface area contributed by atoms with Crippen LogP contribution in [0.5, 0.6) is 0 Å². The van der Waals surface area contributed by atoms with Gasteiger partial charge in [0.15, 0.2) is 0 Å². The predicted octanol–water partition coefficient (Wildman–Crippen LogP) is 2.46. The highest BCUT2D eigenvalue weighted by molar-refractivity contribution is 5.96. The summed E-state index contributed by atoms with van der Waals surface area (Å²) in [6, 6.07) is 12.2. The third kappa shape index (κ3) is 5.07. The SMILES string of the molecule is COC(=O)[C@H](C/C=C/c1ccccc1)NC(=O)c1ccncc1. The van der Waals surface area contributed by atoms with E-state index >= 15 is 0 Å².